The van der Waals surface area contributed by atoms with E-state index in [4.69, 9.17) is 4.74 Å². The predicted molar refractivity (Wildman–Crippen MR) is 51.8 cm³/mol. The molecule has 1 atom stereocenters. The summed E-state index contributed by atoms with van der Waals surface area (Å²) in [7, 11) is 3.56. The first-order chi connectivity index (χ1) is 6.83. The maximum Gasteiger partial charge on any atom is 0.165 e. The van der Waals surface area contributed by atoms with E-state index in [-0.39, 0.29) is 6.04 Å². The normalized spacial score (nSPS) is 13.1. The van der Waals surface area contributed by atoms with Crippen LogP contribution in [0.15, 0.2) is 0 Å². The second kappa shape index (κ2) is 5.66. The molecular formula is C8H17N5O. The summed E-state index contributed by atoms with van der Waals surface area (Å²) in [4.78, 5) is 0. The van der Waals surface area contributed by atoms with Crippen molar-refractivity contribution in [1.82, 2.24) is 25.5 Å². The number of ether oxygens (including phenoxy) is 1. The fourth-order valence-corrected chi connectivity index (χ4v) is 1.32. The SMILES string of the molecule is CCC(COC)n1nnnc1CNC. The second-order valence-electron chi connectivity index (χ2n) is 3.09. The lowest BCUT2D eigenvalue weighted by atomic mass is 10.2. The van der Waals surface area contributed by atoms with Crippen LogP contribution < -0.4 is 5.32 Å². The van der Waals surface area contributed by atoms with Crippen LogP contribution in [0.1, 0.15) is 25.2 Å². The van der Waals surface area contributed by atoms with Gasteiger partial charge in [0, 0.05) is 7.11 Å². The maximum absolute atomic E-state index is 5.12. The van der Waals surface area contributed by atoms with Crippen molar-refractivity contribution in [2.24, 2.45) is 0 Å². The molecule has 1 N–H and O–H groups in total. The first-order valence-electron chi connectivity index (χ1n) is 4.73. The molecule has 0 aliphatic heterocycles. The Hall–Kier alpha value is -1.01. The molecular weight excluding hydrogens is 182 g/mol. The van der Waals surface area contributed by atoms with Crippen molar-refractivity contribution < 1.29 is 4.74 Å². The third-order valence-corrected chi connectivity index (χ3v) is 2.07. The Kier molecular flexibility index (Phi) is 4.48. The largest absolute Gasteiger partial charge is 0.382 e. The molecule has 0 saturated heterocycles. The minimum Gasteiger partial charge on any atom is -0.382 e. The van der Waals surface area contributed by atoms with Crippen LogP contribution in [-0.2, 0) is 11.3 Å². The van der Waals surface area contributed by atoms with Crippen molar-refractivity contribution in [3.8, 4) is 0 Å². The van der Waals surface area contributed by atoms with Crippen LogP contribution in [-0.4, -0.2) is 41.0 Å². The predicted octanol–water partition coefficient (Wildman–Crippen LogP) is -0.0100. The number of tetrazole rings is 1. The third-order valence-electron chi connectivity index (χ3n) is 2.07. The number of methoxy groups -OCH3 is 1. The molecule has 0 amide bonds. The van der Waals surface area contributed by atoms with E-state index < -0.39 is 0 Å². The second-order valence-corrected chi connectivity index (χ2v) is 3.09. The van der Waals surface area contributed by atoms with Crippen LogP contribution in [0, 0.1) is 0 Å². The van der Waals surface area contributed by atoms with Gasteiger partial charge in [0.1, 0.15) is 0 Å². The number of rotatable bonds is 6. The number of nitrogens with zero attached hydrogens (tertiary/aromatic N) is 4. The van der Waals surface area contributed by atoms with Crippen molar-refractivity contribution in [2.75, 3.05) is 20.8 Å². The van der Waals surface area contributed by atoms with E-state index in [1.807, 2.05) is 11.7 Å². The average molecular weight is 199 g/mol. The highest BCUT2D eigenvalue weighted by atomic mass is 16.5. The summed E-state index contributed by atoms with van der Waals surface area (Å²) in [5, 5.41) is 14.6. The summed E-state index contributed by atoms with van der Waals surface area (Å²) in [6, 6.07) is 0.221. The number of aromatic nitrogens is 4. The van der Waals surface area contributed by atoms with Crippen molar-refractivity contribution >= 4 is 0 Å². The van der Waals surface area contributed by atoms with Gasteiger partial charge in [-0.15, -0.1) is 5.10 Å². The lowest BCUT2D eigenvalue weighted by Crippen LogP contribution is -2.20. The van der Waals surface area contributed by atoms with Gasteiger partial charge in [0.15, 0.2) is 5.82 Å². The first-order valence-corrected chi connectivity index (χ1v) is 4.73. The summed E-state index contributed by atoms with van der Waals surface area (Å²) >= 11 is 0. The lowest BCUT2D eigenvalue weighted by molar-refractivity contribution is 0.144. The van der Waals surface area contributed by atoms with E-state index in [0.717, 1.165) is 12.2 Å². The molecule has 1 rings (SSSR count). The quantitative estimate of drug-likeness (QED) is 0.698. The summed E-state index contributed by atoms with van der Waals surface area (Å²) in [5.41, 5.74) is 0. The Morgan fingerprint density at radius 3 is 2.93 bits per heavy atom. The van der Waals surface area contributed by atoms with Crippen LogP contribution in [0.2, 0.25) is 0 Å². The van der Waals surface area contributed by atoms with Gasteiger partial charge < -0.3 is 10.1 Å². The van der Waals surface area contributed by atoms with Gasteiger partial charge in [0.2, 0.25) is 0 Å². The van der Waals surface area contributed by atoms with Crippen LogP contribution in [0.4, 0.5) is 0 Å². The minimum absolute atomic E-state index is 0.221. The molecule has 80 valence electrons. The molecule has 6 nitrogen and oxygen atoms in total. The molecule has 0 aliphatic rings. The van der Waals surface area contributed by atoms with Crippen LogP contribution >= 0.6 is 0 Å². The standard InChI is InChI=1S/C8H17N5O/c1-4-7(6-14-3)13-8(5-9-2)10-11-12-13/h7,9H,4-6H2,1-3H3. The van der Waals surface area contributed by atoms with Gasteiger partial charge in [-0.25, -0.2) is 4.68 Å². The zero-order valence-corrected chi connectivity index (χ0v) is 8.90. The van der Waals surface area contributed by atoms with Gasteiger partial charge in [-0.1, -0.05) is 6.92 Å². The van der Waals surface area contributed by atoms with Gasteiger partial charge in [-0.05, 0) is 23.9 Å². The van der Waals surface area contributed by atoms with Gasteiger partial charge >= 0.3 is 0 Å². The highest BCUT2D eigenvalue weighted by molar-refractivity contribution is 4.83. The molecule has 0 aliphatic carbocycles. The van der Waals surface area contributed by atoms with Crippen molar-refractivity contribution in [1.29, 1.82) is 0 Å². The Morgan fingerprint density at radius 2 is 2.36 bits per heavy atom. The van der Waals surface area contributed by atoms with Gasteiger partial charge in [-0.2, -0.15) is 0 Å². The highest BCUT2D eigenvalue weighted by Gasteiger charge is 2.14. The Morgan fingerprint density at radius 1 is 1.57 bits per heavy atom. The topological polar surface area (TPSA) is 64.9 Å². The molecule has 1 unspecified atom stereocenters. The zero-order valence-electron chi connectivity index (χ0n) is 8.90. The summed E-state index contributed by atoms with van der Waals surface area (Å²) in [5.74, 6) is 0.844. The van der Waals surface area contributed by atoms with Crippen LogP contribution in [0.25, 0.3) is 0 Å². The zero-order chi connectivity index (χ0) is 10.4. The van der Waals surface area contributed by atoms with E-state index in [9.17, 15) is 0 Å². The summed E-state index contributed by atoms with van der Waals surface area (Å²) in [6.07, 6.45) is 0.954. The van der Waals surface area contributed by atoms with Gasteiger partial charge in [-0.3, -0.25) is 0 Å². The molecule has 14 heavy (non-hydrogen) atoms. The molecule has 0 saturated carbocycles. The minimum atomic E-state index is 0.221. The highest BCUT2D eigenvalue weighted by Crippen LogP contribution is 2.10. The summed E-state index contributed by atoms with van der Waals surface area (Å²) < 4.78 is 6.93. The Labute approximate surface area is 83.6 Å². The molecule has 6 heteroatoms. The molecule has 0 aromatic carbocycles. The number of hydrogen-bond acceptors (Lipinski definition) is 5. The molecule has 0 fully saturated rings. The number of hydrogen-bond donors (Lipinski definition) is 1. The number of nitrogens with one attached hydrogen (secondary N) is 1. The van der Waals surface area contributed by atoms with E-state index in [2.05, 4.69) is 27.8 Å². The Bertz CT molecular complexity index is 262. The van der Waals surface area contributed by atoms with Gasteiger partial charge in [0.25, 0.3) is 0 Å². The van der Waals surface area contributed by atoms with Gasteiger partial charge in [0.05, 0.1) is 19.2 Å². The van der Waals surface area contributed by atoms with Crippen LogP contribution in [0.5, 0.6) is 0 Å². The van der Waals surface area contributed by atoms with Crippen molar-refractivity contribution in [3.63, 3.8) is 0 Å². The van der Waals surface area contributed by atoms with E-state index >= 15 is 0 Å². The molecule has 0 spiro atoms. The summed E-state index contributed by atoms with van der Waals surface area (Å²) in [6.45, 7) is 3.40. The van der Waals surface area contributed by atoms with E-state index in [1.54, 1.807) is 7.11 Å². The third kappa shape index (κ3) is 2.49. The monoisotopic (exact) mass is 199 g/mol. The average Bonchev–Trinajstić information content (AvgIpc) is 2.63. The van der Waals surface area contributed by atoms with Crippen molar-refractivity contribution in [2.45, 2.75) is 25.9 Å². The molecule has 1 aromatic heterocycles. The molecule has 1 aromatic rings. The fourth-order valence-electron chi connectivity index (χ4n) is 1.32. The fraction of sp³-hybridized carbons (Fsp3) is 0.875. The Balaban J connectivity index is 2.74. The van der Waals surface area contributed by atoms with E-state index in [0.29, 0.717) is 13.2 Å². The van der Waals surface area contributed by atoms with Crippen molar-refractivity contribution in [3.05, 3.63) is 5.82 Å². The van der Waals surface area contributed by atoms with Crippen LogP contribution in [0.3, 0.4) is 0 Å². The maximum atomic E-state index is 5.12. The molecule has 1 heterocycles. The lowest BCUT2D eigenvalue weighted by Gasteiger charge is -2.14. The smallest absolute Gasteiger partial charge is 0.165 e. The molecule has 0 radical (unpaired) electrons. The van der Waals surface area contributed by atoms with E-state index in [1.165, 1.54) is 0 Å². The first kappa shape index (κ1) is 11.1. The molecule has 0 bridgehead atoms.